The Bertz CT molecular complexity index is 2820. The molecule has 0 bridgehead atoms. The number of likely N-dealkylation sites (N-methyl/N-ethyl adjacent to an activating group) is 1. The average molecular weight is 847 g/mol. The Labute approximate surface area is 360 Å². The van der Waals surface area contributed by atoms with Crippen LogP contribution in [-0.2, 0) is 27.1 Å². The van der Waals surface area contributed by atoms with Crippen LogP contribution in [-0.4, -0.2) is 87.8 Å². The molecule has 0 spiro atoms. The number of aromatic hydroxyl groups is 1. The van der Waals surface area contributed by atoms with Crippen LogP contribution in [0.5, 0.6) is 17.2 Å². The van der Waals surface area contributed by atoms with Crippen LogP contribution in [0.2, 0.25) is 5.02 Å². The van der Waals surface area contributed by atoms with Crippen molar-refractivity contribution < 1.29 is 28.7 Å². The van der Waals surface area contributed by atoms with E-state index in [1.54, 1.807) is 23.1 Å². The van der Waals surface area contributed by atoms with Crippen molar-refractivity contribution in [1.29, 1.82) is 0 Å². The SMILES string of the molecule is CN(C)CCn1c(=O)c(=O)n(CC2CN(C(=O)OC(C)(C)C)C2)c2cc(Cl)c(-c3cc(Oc4ccc5c(B6OC(C)(C)C(C)(C)O6)cc(O)cc5c4)cc4ccccc34)cc21. The number of fused-ring (bicyclic) bond motifs is 3. The van der Waals surface area contributed by atoms with Crippen LogP contribution in [0.3, 0.4) is 0 Å². The normalized spacial score (nSPS) is 16.5. The minimum atomic E-state index is -0.664. The van der Waals surface area contributed by atoms with Crippen LogP contribution in [0.15, 0.2) is 88.5 Å². The van der Waals surface area contributed by atoms with Crippen molar-refractivity contribution in [2.45, 2.75) is 78.4 Å². The molecule has 1 aromatic heterocycles. The van der Waals surface area contributed by atoms with Gasteiger partial charge in [0, 0.05) is 44.2 Å². The molecule has 318 valence electrons. The van der Waals surface area contributed by atoms with E-state index in [0.717, 1.165) is 32.6 Å². The summed E-state index contributed by atoms with van der Waals surface area (Å²) >= 11 is 7.22. The number of ether oxygens (including phenoxy) is 2. The molecular formula is C47H52BClN4O8. The summed E-state index contributed by atoms with van der Waals surface area (Å²) in [6.07, 6.45) is -0.404. The molecule has 0 atom stereocenters. The number of benzene rings is 5. The van der Waals surface area contributed by atoms with Crippen LogP contribution in [0.1, 0.15) is 48.5 Å². The first-order valence-corrected chi connectivity index (χ1v) is 21.0. The molecule has 2 fully saturated rings. The summed E-state index contributed by atoms with van der Waals surface area (Å²) in [4.78, 5) is 44.0. The zero-order valence-corrected chi connectivity index (χ0v) is 36.9. The van der Waals surface area contributed by atoms with Gasteiger partial charge in [0.05, 0.1) is 27.3 Å². The first-order chi connectivity index (χ1) is 28.7. The molecule has 2 saturated heterocycles. The third-order valence-electron chi connectivity index (χ3n) is 11.9. The van der Waals surface area contributed by atoms with Gasteiger partial charge in [-0.3, -0.25) is 9.59 Å². The molecule has 3 heterocycles. The lowest BCUT2D eigenvalue weighted by Crippen LogP contribution is -2.54. The number of hydrogen-bond acceptors (Lipinski definition) is 9. The smallest absolute Gasteiger partial charge is 0.495 e. The van der Waals surface area contributed by atoms with Gasteiger partial charge in [-0.2, -0.15) is 0 Å². The number of likely N-dealkylation sites (tertiary alicyclic amines) is 1. The van der Waals surface area contributed by atoms with Crippen molar-refractivity contribution in [2.24, 2.45) is 5.92 Å². The Hall–Kier alpha value is -5.34. The van der Waals surface area contributed by atoms with Crippen LogP contribution in [0.4, 0.5) is 4.79 Å². The molecule has 5 aromatic carbocycles. The topological polar surface area (TPSA) is 125 Å². The highest BCUT2D eigenvalue weighted by Gasteiger charge is 2.52. The molecule has 0 unspecified atom stereocenters. The fourth-order valence-corrected chi connectivity index (χ4v) is 8.31. The third kappa shape index (κ3) is 8.24. The number of amides is 1. The number of aromatic nitrogens is 2. The molecule has 2 aliphatic heterocycles. The molecule has 1 amide bonds. The highest BCUT2D eigenvalue weighted by molar-refractivity contribution is 6.65. The van der Waals surface area contributed by atoms with E-state index in [0.29, 0.717) is 52.8 Å². The monoisotopic (exact) mass is 846 g/mol. The minimum Gasteiger partial charge on any atom is -0.508 e. The molecular weight excluding hydrogens is 795 g/mol. The predicted octanol–water partition coefficient (Wildman–Crippen LogP) is 8.02. The number of phenolic OH excluding ortho intramolecular Hbond substituents is 1. The Kier molecular flexibility index (Phi) is 10.8. The van der Waals surface area contributed by atoms with E-state index in [1.807, 2.05) is 128 Å². The third-order valence-corrected chi connectivity index (χ3v) is 12.3. The Morgan fingerprint density at radius 2 is 1.49 bits per heavy atom. The number of phenols is 1. The Balaban J connectivity index is 1.18. The van der Waals surface area contributed by atoms with Crippen molar-refractivity contribution in [3.8, 4) is 28.4 Å². The zero-order chi connectivity index (χ0) is 43.8. The first-order valence-electron chi connectivity index (χ1n) is 20.6. The van der Waals surface area contributed by atoms with Gasteiger partial charge in [0.15, 0.2) is 0 Å². The number of carbonyl (C=O) groups excluding carboxylic acids is 1. The van der Waals surface area contributed by atoms with E-state index in [4.69, 9.17) is 30.4 Å². The predicted molar refractivity (Wildman–Crippen MR) is 242 cm³/mol. The molecule has 0 radical (unpaired) electrons. The second-order valence-electron chi connectivity index (χ2n) is 18.5. The summed E-state index contributed by atoms with van der Waals surface area (Å²) in [5.41, 5.74) is 0.271. The number of hydrogen-bond donors (Lipinski definition) is 1. The average Bonchev–Trinajstić information content (AvgIpc) is 3.38. The maximum atomic E-state index is 13.9. The van der Waals surface area contributed by atoms with Crippen molar-refractivity contribution in [3.05, 3.63) is 105 Å². The molecule has 0 aliphatic carbocycles. The van der Waals surface area contributed by atoms with Gasteiger partial charge < -0.3 is 42.8 Å². The number of rotatable bonds is 9. The summed E-state index contributed by atoms with van der Waals surface area (Å²) in [5.74, 6) is 1.12. The second kappa shape index (κ2) is 15.5. The maximum absolute atomic E-state index is 13.9. The fraction of sp³-hybridized carbons (Fsp3) is 0.383. The fourth-order valence-electron chi connectivity index (χ4n) is 8.05. The highest BCUT2D eigenvalue weighted by atomic mass is 35.5. The summed E-state index contributed by atoms with van der Waals surface area (Å²) in [6, 6.07) is 24.5. The summed E-state index contributed by atoms with van der Waals surface area (Å²) in [5, 5.41) is 14.6. The lowest BCUT2D eigenvalue weighted by Gasteiger charge is -2.40. The Morgan fingerprint density at radius 1 is 0.836 bits per heavy atom. The van der Waals surface area contributed by atoms with Crippen LogP contribution in [0.25, 0.3) is 43.7 Å². The molecule has 12 nitrogen and oxygen atoms in total. The van der Waals surface area contributed by atoms with E-state index in [9.17, 15) is 19.5 Å². The van der Waals surface area contributed by atoms with E-state index in [1.165, 1.54) is 9.13 Å². The Morgan fingerprint density at radius 3 is 2.18 bits per heavy atom. The van der Waals surface area contributed by atoms with Crippen LogP contribution in [0, 0.1) is 5.92 Å². The van der Waals surface area contributed by atoms with Gasteiger partial charge in [-0.15, -0.1) is 0 Å². The molecule has 1 N–H and O–H groups in total. The van der Waals surface area contributed by atoms with E-state index >= 15 is 0 Å². The van der Waals surface area contributed by atoms with Gasteiger partial charge in [-0.25, -0.2) is 4.79 Å². The van der Waals surface area contributed by atoms with Gasteiger partial charge in [-0.1, -0.05) is 41.9 Å². The molecule has 61 heavy (non-hydrogen) atoms. The molecule has 14 heteroatoms. The maximum Gasteiger partial charge on any atom is 0.495 e. The first kappa shape index (κ1) is 42.4. The highest BCUT2D eigenvalue weighted by Crippen LogP contribution is 2.41. The van der Waals surface area contributed by atoms with E-state index in [-0.39, 0.29) is 24.8 Å². The van der Waals surface area contributed by atoms with Crippen molar-refractivity contribution in [3.63, 3.8) is 0 Å². The van der Waals surface area contributed by atoms with Crippen LogP contribution >= 0.6 is 11.6 Å². The zero-order valence-electron chi connectivity index (χ0n) is 36.2. The van der Waals surface area contributed by atoms with Gasteiger partial charge in [0.25, 0.3) is 0 Å². The minimum absolute atomic E-state index is 0.0593. The number of carbonyl (C=O) groups is 1. The summed E-state index contributed by atoms with van der Waals surface area (Å²) < 4.78 is 27.8. The van der Waals surface area contributed by atoms with Crippen molar-refractivity contribution in [1.82, 2.24) is 18.9 Å². The van der Waals surface area contributed by atoms with E-state index < -0.39 is 41.1 Å². The number of halogens is 1. The molecule has 6 aromatic rings. The van der Waals surface area contributed by atoms with Gasteiger partial charge >= 0.3 is 24.3 Å². The van der Waals surface area contributed by atoms with Gasteiger partial charge in [-0.05, 0) is 144 Å². The van der Waals surface area contributed by atoms with Crippen molar-refractivity contribution >= 4 is 62.9 Å². The van der Waals surface area contributed by atoms with Gasteiger partial charge in [0.1, 0.15) is 22.8 Å². The largest absolute Gasteiger partial charge is 0.508 e. The summed E-state index contributed by atoms with van der Waals surface area (Å²) in [6.45, 7) is 15.3. The quantitative estimate of drug-likeness (QED) is 0.114. The van der Waals surface area contributed by atoms with E-state index in [2.05, 4.69) is 0 Å². The summed E-state index contributed by atoms with van der Waals surface area (Å²) in [7, 11) is 3.17. The molecule has 0 saturated carbocycles. The molecule has 2 aliphatic rings. The standard InChI is InChI=1S/C47H52BClN4O8/c1-45(2,3)59-44(57)51-25-28(26-51)27-53-41-24-39(49)37(23-40(41)52(17-16-50(8)9)42(55)43(53)56)36-22-33(19-29-12-10-11-13-34(29)36)58-32-14-15-35-30(20-32)18-31(54)21-38(35)48-60-46(4,5)47(6,7)61-48/h10-15,18-24,28,54H,16-17,25-27H2,1-9H3. The lowest BCUT2D eigenvalue weighted by atomic mass is 9.76. The van der Waals surface area contributed by atoms with Crippen molar-refractivity contribution in [2.75, 3.05) is 33.7 Å². The number of nitrogens with zero attached hydrogens (tertiary/aromatic N) is 4. The lowest BCUT2D eigenvalue weighted by molar-refractivity contribution is -0.00331. The molecule has 8 rings (SSSR count). The van der Waals surface area contributed by atoms with Crippen LogP contribution < -0.4 is 21.3 Å². The second-order valence-corrected chi connectivity index (χ2v) is 19.0. The van der Waals surface area contributed by atoms with Gasteiger partial charge in [0.2, 0.25) is 0 Å².